The van der Waals surface area contributed by atoms with E-state index in [0.29, 0.717) is 5.56 Å². The molecule has 1 aromatic heterocycles. The highest BCUT2D eigenvalue weighted by molar-refractivity contribution is 5.94. The molecule has 3 nitrogen and oxygen atoms in total. The molecule has 0 spiro atoms. The number of rotatable bonds is 4. The first-order valence-corrected chi connectivity index (χ1v) is 4.71. The molecule has 0 fully saturated rings. The lowest BCUT2D eigenvalue weighted by atomic mass is 10.2. The van der Waals surface area contributed by atoms with Crippen molar-refractivity contribution in [2.24, 2.45) is 5.73 Å². The first-order chi connectivity index (χ1) is 6.61. The zero-order chi connectivity index (χ0) is 10.7. The summed E-state index contributed by atoms with van der Waals surface area (Å²) in [5.41, 5.74) is 7.93. The van der Waals surface area contributed by atoms with E-state index in [9.17, 15) is 4.79 Å². The average molecular weight is 192 g/mol. The van der Waals surface area contributed by atoms with E-state index >= 15 is 0 Å². The number of hydrogen-bond acceptors (Lipinski definition) is 1. The van der Waals surface area contributed by atoms with Crippen molar-refractivity contribution < 1.29 is 4.79 Å². The monoisotopic (exact) mass is 192 g/mol. The van der Waals surface area contributed by atoms with Crippen molar-refractivity contribution in [3.63, 3.8) is 0 Å². The van der Waals surface area contributed by atoms with Crippen LogP contribution < -0.4 is 5.73 Å². The fraction of sp³-hybridized carbons (Fsp3) is 0.364. The van der Waals surface area contributed by atoms with Crippen LogP contribution in [0, 0.1) is 6.92 Å². The summed E-state index contributed by atoms with van der Waals surface area (Å²) in [6, 6.07) is 1.86. The maximum atomic E-state index is 11.1. The van der Waals surface area contributed by atoms with E-state index in [-0.39, 0.29) is 5.91 Å². The van der Waals surface area contributed by atoms with Crippen LogP contribution in [0.4, 0.5) is 0 Å². The molecular formula is C11H16N2O. The van der Waals surface area contributed by atoms with Gasteiger partial charge in [-0.15, -0.1) is 6.58 Å². The molecule has 0 radical (unpaired) electrons. The largest absolute Gasteiger partial charge is 0.366 e. The quantitative estimate of drug-likeness (QED) is 0.724. The third-order valence-electron chi connectivity index (χ3n) is 2.39. The van der Waals surface area contributed by atoms with Gasteiger partial charge >= 0.3 is 0 Å². The predicted octanol–water partition coefficient (Wildman–Crippen LogP) is 1.64. The molecule has 76 valence electrons. The highest BCUT2D eigenvalue weighted by Crippen LogP contribution is 2.15. The minimum atomic E-state index is -0.361. The van der Waals surface area contributed by atoms with Gasteiger partial charge in [0.25, 0.3) is 5.91 Å². The molecule has 0 aromatic carbocycles. The van der Waals surface area contributed by atoms with Gasteiger partial charge in [-0.3, -0.25) is 4.79 Å². The maximum Gasteiger partial charge on any atom is 0.250 e. The number of nitrogens with zero attached hydrogens (tertiary/aromatic N) is 1. The summed E-state index contributed by atoms with van der Waals surface area (Å²) < 4.78 is 2.06. The average Bonchev–Trinajstić information content (AvgIpc) is 2.45. The number of carbonyl (C=O) groups excluding carboxylic acids is 1. The van der Waals surface area contributed by atoms with Crippen LogP contribution in [-0.2, 0) is 13.0 Å². The Labute approximate surface area is 84.2 Å². The zero-order valence-electron chi connectivity index (χ0n) is 8.71. The summed E-state index contributed by atoms with van der Waals surface area (Å²) in [7, 11) is 0. The second-order valence-corrected chi connectivity index (χ2v) is 3.25. The predicted molar refractivity (Wildman–Crippen MR) is 57.3 cm³/mol. The summed E-state index contributed by atoms with van der Waals surface area (Å²) in [6.45, 7) is 8.37. The first kappa shape index (κ1) is 10.6. The Balaban J connectivity index is 3.24. The van der Waals surface area contributed by atoms with Crippen molar-refractivity contribution in [2.75, 3.05) is 0 Å². The van der Waals surface area contributed by atoms with E-state index in [4.69, 9.17) is 5.73 Å². The number of nitrogens with two attached hydrogens (primary N) is 1. The van der Waals surface area contributed by atoms with Gasteiger partial charge in [0, 0.05) is 17.9 Å². The Morgan fingerprint density at radius 2 is 2.36 bits per heavy atom. The third-order valence-corrected chi connectivity index (χ3v) is 2.39. The number of aryl methyl sites for hydroxylation is 1. The fourth-order valence-corrected chi connectivity index (χ4v) is 1.64. The van der Waals surface area contributed by atoms with Crippen LogP contribution in [0.1, 0.15) is 28.7 Å². The first-order valence-electron chi connectivity index (χ1n) is 4.71. The molecule has 1 rings (SSSR count). The maximum absolute atomic E-state index is 11.1. The molecule has 0 bridgehead atoms. The van der Waals surface area contributed by atoms with E-state index in [1.54, 1.807) is 0 Å². The van der Waals surface area contributed by atoms with Crippen molar-refractivity contribution >= 4 is 5.91 Å². The summed E-state index contributed by atoms with van der Waals surface area (Å²) in [6.07, 6.45) is 2.71. The van der Waals surface area contributed by atoms with E-state index in [2.05, 4.69) is 18.1 Å². The molecule has 0 saturated heterocycles. The molecule has 1 amide bonds. The highest BCUT2D eigenvalue weighted by Gasteiger charge is 2.12. The lowest BCUT2D eigenvalue weighted by Gasteiger charge is -2.06. The fourth-order valence-electron chi connectivity index (χ4n) is 1.64. The Kier molecular flexibility index (Phi) is 3.12. The molecule has 14 heavy (non-hydrogen) atoms. The van der Waals surface area contributed by atoms with Crippen LogP contribution in [0.3, 0.4) is 0 Å². The van der Waals surface area contributed by atoms with Crippen LogP contribution in [0.2, 0.25) is 0 Å². The van der Waals surface area contributed by atoms with Crippen molar-refractivity contribution in [3.05, 3.63) is 35.7 Å². The zero-order valence-corrected chi connectivity index (χ0v) is 8.71. The molecule has 0 atom stereocenters. The molecule has 1 aromatic rings. The van der Waals surface area contributed by atoms with Crippen LogP contribution in [0.5, 0.6) is 0 Å². The van der Waals surface area contributed by atoms with Gasteiger partial charge < -0.3 is 10.3 Å². The lowest BCUT2D eigenvalue weighted by molar-refractivity contribution is 0.0999. The molecule has 0 saturated carbocycles. The van der Waals surface area contributed by atoms with Crippen molar-refractivity contribution in [1.29, 1.82) is 0 Å². The van der Waals surface area contributed by atoms with E-state index in [1.165, 1.54) is 0 Å². The number of amides is 1. The second-order valence-electron chi connectivity index (χ2n) is 3.25. The van der Waals surface area contributed by atoms with Crippen LogP contribution in [0.15, 0.2) is 18.7 Å². The minimum Gasteiger partial charge on any atom is -0.366 e. The summed E-state index contributed by atoms with van der Waals surface area (Å²) in [5.74, 6) is -0.361. The van der Waals surface area contributed by atoms with Gasteiger partial charge in [-0.2, -0.15) is 0 Å². The van der Waals surface area contributed by atoms with Gasteiger partial charge in [0.15, 0.2) is 0 Å². The van der Waals surface area contributed by atoms with Crippen molar-refractivity contribution in [1.82, 2.24) is 4.57 Å². The van der Waals surface area contributed by atoms with Gasteiger partial charge in [0.05, 0.1) is 5.56 Å². The van der Waals surface area contributed by atoms with E-state index in [1.807, 2.05) is 19.1 Å². The molecule has 2 N–H and O–H groups in total. The lowest BCUT2D eigenvalue weighted by Crippen LogP contribution is -2.12. The number of primary amides is 1. The van der Waals surface area contributed by atoms with Gasteiger partial charge in [0.1, 0.15) is 0 Å². The Morgan fingerprint density at radius 1 is 1.71 bits per heavy atom. The second kappa shape index (κ2) is 4.13. The van der Waals surface area contributed by atoms with Crippen molar-refractivity contribution in [2.45, 2.75) is 26.8 Å². The standard InChI is InChI=1S/C11H16N2O/c1-4-6-13-8(3)10(11(12)14)7-9(13)5-2/h4,7H,1,5-6H2,2-3H3,(H2,12,14). The molecule has 0 unspecified atom stereocenters. The molecule has 0 aliphatic carbocycles. The number of aromatic nitrogens is 1. The normalized spacial score (nSPS) is 10.1. The van der Waals surface area contributed by atoms with Gasteiger partial charge in [0.2, 0.25) is 0 Å². The van der Waals surface area contributed by atoms with E-state index < -0.39 is 0 Å². The number of allylic oxidation sites excluding steroid dienone is 1. The van der Waals surface area contributed by atoms with Crippen molar-refractivity contribution in [3.8, 4) is 0 Å². The highest BCUT2D eigenvalue weighted by atomic mass is 16.1. The Hall–Kier alpha value is -1.51. The third kappa shape index (κ3) is 1.71. The van der Waals surface area contributed by atoms with Gasteiger partial charge in [-0.1, -0.05) is 13.0 Å². The SMILES string of the molecule is C=CCn1c(CC)cc(C(N)=O)c1C. The van der Waals surface area contributed by atoms with Gasteiger partial charge in [-0.25, -0.2) is 0 Å². The molecule has 3 heteroatoms. The van der Waals surface area contributed by atoms with Crippen LogP contribution in [-0.4, -0.2) is 10.5 Å². The number of hydrogen-bond donors (Lipinski definition) is 1. The Bertz CT molecular complexity index is 364. The molecule has 0 aliphatic rings. The van der Waals surface area contributed by atoms with Gasteiger partial charge in [-0.05, 0) is 19.4 Å². The smallest absolute Gasteiger partial charge is 0.250 e. The number of carbonyl (C=O) groups is 1. The summed E-state index contributed by atoms with van der Waals surface area (Å²) in [4.78, 5) is 11.1. The topological polar surface area (TPSA) is 48.0 Å². The van der Waals surface area contributed by atoms with Crippen LogP contribution >= 0.6 is 0 Å². The Morgan fingerprint density at radius 3 is 2.79 bits per heavy atom. The minimum absolute atomic E-state index is 0.361. The molecular weight excluding hydrogens is 176 g/mol. The van der Waals surface area contributed by atoms with E-state index in [0.717, 1.165) is 24.4 Å². The molecule has 1 heterocycles. The molecule has 0 aliphatic heterocycles. The summed E-state index contributed by atoms with van der Waals surface area (Å²) >= 11 is 0. The van der Waals surface area contributed by atoms with Crippen LogP contribution in [0.25, 0.3) is 0 Å². The summed E-state index contributed by atoms with van der Waals surface area (Å²) in [5, 5.41) is 0.